The Balaban J connectivity index is 2.33. The summed E-state index contributed by atoms with van der Waals surface area (Å²) >= 11 is 1.36. The lowest BCUT2D eigenvalue weighted by Crippen LogP contribution is -2.23. The van der Waals surface area contributed by atoms with Crippen LogP contribution in [0.2, 0.25) is 0 Å². The second-order valence-corrected chi connectivity index (χ2v) is 5.80. The van der Waals surface area contributed by atoms with E-state index in [1.165, 1.54) is 11.3 Å². The molecule has 0 saturated heterocycles. The molecule has 86 valence electrons. The molecule has 1 aromatic heterocycles. The second-order valence-electron chi connectivity index (χ2n) is 4.74. The zero-order valence-corrected chi connectivity index (χ0v) is 10.8. The molecule has 0 bridgehead atoms. The summed E-state index contributed by atoms with van der Waals surface area (Å²) in [5.74, 6) is -0.327. The van der Waals surface area contributed by atoms with E-state index in [0.717, 1.165) is 10.2 Å². The van der Waals surface area contributed by atoms with Crippen molar-refractivity contribution in [2.24, 2.45) is 0 Å². The third-order valence-electron chi connectivity index (χ3n) is 2.04. The van der Waals surface area contributed by atoms with Crippen LogP contribution in [-0.4, -0.2) is 24.4 Å². The van der Waals surface area contributed by atoms with E-state index in [1.807, 2.05) is 20.8 Å². The predicted octanol–water partition coefficient (Wildman–Crippen LogP) is 2.05. The van der Waals surface area contributed by atoms with Gasteiger partial charge in [-0.2, -0.15) is 0 Å². The van der Waals surface area contributed by atoms with Crippen LogP contribution < -0.4 is 4.91 Å². The van der Waals surface area contributed by atoms with Crippen molar-refractivity contribution in [2.75, 3.05) is 0 Å². The topological polar surface area (TPSA) is 39.2 Å². The molecule has 0 unspecified atom stereocenters. The molecule has 0 N–H and O–H groups in total. The van der Waals surface area contributed by atoms with Crippen molar-refractivity contribution in [3.05, 3.63) is 23.8 Å². The zero-order valence-electron chi connectivity index (χ0n) is 9.98. The fraction of sp³-hybridized carbons (Fsp3) is 0.333. The van der Waals surface area contributed by atoms with E-state index in [2.05, 4.69) is 4.98 Å². The van der Waals surface area contributed by atoms with E-state index in [-0.39, 0.29) is 5.97 Å². The van der Waals surface area contributed by atoms with Crippen molar-refractivity contribution in [3.8, 4) is 0 Å². The molecule has 0 aliphatic heterocycles. The lowest BCUT2D eigenvalue weighted by molar-refractivity contribution is 0.00698. The van der Waals surface area contributed by atoms with Gasteiger partial charge in [0.05, 0.1) is 15.8 Å². The maximum Gasteiger partial charge on any atom is 0.338 e. The summed E-state index contributed by atoms with van der Waals surface area (Å²) in [6.45, 7) is 5.52. The Labute approximate surface area is 105 Å². The molecule has 0 saturated carbocycles. The van der Waals surface area contributed by atoms with Crippen molar-refractivity contribution in [2.45, 2.75) is 26.4 Å². The molecule has 0 aliphatic rings. The fourth-order valence-corrected chi connectivity index (χ4v) is 2.18. The van der Waals surface area contributed by atoms with Gasteiger partial charge in [-0.05, 0) is 39.0 Å². The molecule has 2 aromatic rings. The number of hydrogen-bond acceptors (Lipinski definition) is 4. The molecule has 0 aliphatic carbocycles. The lowest BCUT2D eigenvalue weighted by Gasteiger charge is -2.19. The molecule has 1 aromatic carbocycles. The second kappa shape index (κ2) is 4.15. The number of thiazole rings is 1. The van der Waals surface area contributed by atoms with Crippen molar-refractivity contribution >= 4 is 40.3 Å². The predicted molar refractivity (Wildman–Crippen MR) is 70.2 cm³/mol. The maximum atomic E-state index is 11.8. The van der Waals surface area contributed by atoms with Crippen LogP contribution in [0.3, 0.4) is 0 Å². The molecule has 0 spiro atoms. The first-order chi connectivity index (χ1) is 7.85. The van der Waals surface area contributed by atoms with Gasteiger partial charge in [0.25, 0.3) is 0 Å². The first kappa shape index (κ1) is 12.1. The minimum atomic E-state index is -0.487. The van der Waals surface area contributed by atoms with Crippen molar-refractivity contribution < 1.29 is 9.53 Å². The van der Waals surface area contributed by atoms with E-state index in [0.29, 0.717) is 10.5 Å². The zero-order chi connectivity index (χ0) is 12.6. The van der Waals surface area contributed by atoms with Crippen LogP contribution in [0.15, 0.2) is 18.2 Å². The van der Waals surface area contributed by atoms with Gasteiger partial charge in [0.2, 0.25) is 0 Å². The molecule has 0 fully saturated rings. The largest absolute Gasteiger partial charge is 0.456 e. The standard InChI is InChI=1S/C12H12BNO2S/c1-12(2,3)16-10(15)7-4-5-8-9(6-7)17-11(13)14-8/h4-6H,1-3H3. The van der Waals surface area contributed by atoms with E-state index in [4.69, 9.17) is 12.6 Å². The van der Waals surface area contributed by atoms with Crippen LogP contribution in [0.4, 0.5) is 0 Å². The molecule has 2 radical (unpaired) electrons. The van der Waals surface area contributed by atoms with Gasteiger partial charge in [-0.1, -0.05) is 0 Å². The SMILES string of the molecule is [B]c1nc2ccc(C(=O)OC(C)(C)C)cc2s1. The Morgan fingerprint density at radius 3 is 2.76 bits per heavy atom. The number of rotatable bonds is 1. The van der Waals surface area contributed by atoms with E-state index in [9.17, 15) is 4.79 Å². The Hall–Kier alpha value is -1.36. The Kier molecular flexibility index (Phi) is 2.95. The van der Waals surface area contributed by atoms with E-state index in [1.54, 1.807) is 18.2 Å². The molecular formula is C12H12BNO2S. The number of fused-ring (bicyclic) bond motifs is 1. The van der Waals surface area contributed by atoms with Crippen LogP contribution in [0.5, 0.6) is 0 Å². The highest BCUT2D eigenvalue weighted by molar-refractivity contribution is 7.25. The Morgan fingerprint density at radius 1 is 1.41 bits per heavy atom. The Morgan fingerprint density at radius 2 is 2.12 bits per heavy atom. The molecule has 2 rings (SSSR count). The summed E-state index contributed by atoms with van der Waals surface area (Å²) in [5, 5.41) is 0. The first-order valence-corrected chi connectivity index (χ1v) is 6.06. The number of carbonyl (C=O) groups excluding carboxylic acids is 1. The van der Waals surface area contributed by atoms with Gasteiger partial charge in [-0.3, -0.25) is 4.98 Å². The molecule has 17 heavy (non-hydrogen) atoms. The monoisotopic (exact) mass is 245 g/mol. The quantitative estimate of drug-likeness (QED) is 0.570. The molecule has 0 amide bonds. The average molecular weight is 245 g/mol. The third kappa shape index (κ3) is 2.85. The Bertz CT molecular complexity index is 571. The van der Waals surface area contributed by atoms with Crippen LogP contribution >= 0.6 is 11.3 Å². The van der Waals surface area contributed by atoms with Crippen LogP contribution in [0, 0.1) is 0 Å². The highest BCUT2D eigenvalue weighted by Crippen LogP contribution is 2.19. The summed E-state index contributed by atoms with van der Waals surface area (Å²) in [6, 6.07) is 5.24. The summed E-state index contributed by atoms with van der Waals surface area (Å²) in [5.41, 5.74) is 0.842. The number of ether oxygens (including phenoxy) is 1. The van der Waals surface area contributed by atoms with Gasteiger partial charge in [0.1, 0.15) is 5.60 Å². The summed E-state index contributed by atoms with van der Waals surface area (Å²) < 4.78 is 6.19. The van der Waals surface area contributed by atoms with Crippen molar-refractivity contribution in [3.63, 3.8) is 0 Å². The van der Waals surface area contributed by atoms with Crippen LogP contribution in [0.25, 0.3) is 10.2 Å². The number of esters is 1. The normalized spacial score (nSPS) is 11.7. The minimum absolute atomic E-state index is 0.327. The first-order valence-electron chi connectivity index (χ1n) is 5.24. The molecule has 0 atom stereocenters. The number of nitrogens with zero attached hydrogens (tertiary/aromatic N) is 1. The van der Waals surface area contributed by atoms with E-state index >= 15 is 0 Å². The molecular weight excluding hydrogens is 233 g/mol. The number of benzene rings is 1. The molecule has 1 heterocycles. The third-order valence-corrected chi connectivity index (χ3v) is 2.89. The van der Waals surface area contributed by atoms with Crippen molar-refractivity contribution in [1.29, 1.82) is 0 Å². The highest BCUT2D eigenvalue weighted by atomic mass is 32.1. The maximum absolute atomic E-state index is 11.8. The summed E-state index contributed by atoms with van der Waals surface area (Å²) in [4.78, 5) is 16.5. The number of carbonyl (C=O) groups is 1. The summed E-state index contributed by atoms with van der Waals surface area (Å²) in [7, 11) is 5.61. The van der Waals surface area contributed by atoms with Crippen LogP contribution in [0.1, 0.15) is 31.1 Å². The van der Waals surface area contributed by atoms with Gasteiger partial charge in [0.15, 0.2) is 7.85 Å². The van der Waals surface area contributed by atoms with E-state index < -0.39 is 5.60 Å². The van der Waals surface area contributed by atoms with Crippen molar-refractivity contribution in [1.82, 2.24) is 4.98 Å². The van der Waals surface area contributed by atoms with Gasteiger partial charge >= 0.3 is 5.97 Å². The van der Waals surface area contributed by atoms with Crippen LogP contribution in [-0.2, 0) is 4.74 Å². The fourth-order valence-electron chi connectivity index (χ4n) is 1.41. The smallest absolute Gasteiger partial charge is 0.338 e. The minimum Gasteiger partial charge on any atom is -0.456 e. The summed E-state index contributed by atoms with van der Waals surface area (Å²) in [6.07, 6.45) is 0. The lowest BCUT2D eigenvalue weighted by atomic mass is 10.1. The van der Waals surface area contributed by atoms with Gasteiger partial charge in [-0.15, -0.1) is 11.3 Å². The van der Waals surface area contributed by atoms with Gasteiger partial charge in [-0.25, -0.2) is 4.79 Å². The number of aromatic nitrogens is 1. The number of hydrogen-bond donors (Lipinski definition) is 0. The van der Waals surface area contributed by atoms with Gasteiger partial charge < -0.3 is 4.74 Å². The highest BCUT2D eigenvalue weighted by Gasteiger charge is 2.18. The molecule has 5 heteroatoms. The molecule has 3 nitrogen and oxygen atoms in total. The average Bonchev–Trinajstić information content (AvgIpc) is 2.53. The van der Waals surface area contributed by atoms with Gasteiger partial charge in [0, 0.05) is 4.91 Å².